The molecular weight excluding hydrogens is 283 g/mol. The second kappa shape index (κ2) is 8.08. The van der Waals surface area contributed by atoms with E-state index in [-0.39, 0.29) is 12.1 Å². The second-order valence-corrected chi connectivity index (χ2v) is 5.67. The maximum absolute atomic E-state index is 9.35. The van der Waals surface area contributed by atoms with Crippen LogP contribution in [0.2, 0.25) is 10.0 Å². The summed E-state index contributed by atoms with van der Waals surface area (Å²) in [5.41, 5.74) is 1.02. The van der Waals surface area contributed by atoms with Gasteiger partial charge in [0.25, 0.3) is 0 Å². The Labute approximate surface area is 125 Å². The fourth-order valence-electron chi connectivity index (χ4n) is 2.14. The van der Waals surface area contributed by atoms with Crippen molar-refractivity contribution in [3.8, 4) is 0 Å². The van der Waals surface area contributed by atoms with Gasteiger partial charge in [-0.3, -0.25) is 0 Å². The number of rotatable bonds is 7. The highest BCUT2D eigenvalue weighted by Crippen LogP contribution is 2.31. The van der Waals surface area contributed by atoms with Crippen molar-refractivity contribution in [2.45, 2.75) is 25.5 Å². The monoisotopic (exact) mass is 304 g/mol. The summed E-state index contributed by atoms with van der Waals surface area (Å²) in [6.45, 7) is 3.33. The lowest BCUT2D eigenvalue weighted by molar-refractivity contribution is 0.139. The smallest absolute Gasteiger partial charge is 0.0640 e. The Balaban J connectivity index is 2.66. The molecule has 0 heterocycles. The quantitative estimate of drug-likeness (QED) is 0.813. The molecule has 1 rings (SSSR count). The zero-order valence-electron chi connectivity index (χ0n) is 11.7. The summed E-state index contributed by atoms with van der Waals surface area (Å²) >= 11 is 12.3. The lowest BCUT2D eigenvalue weighted by atomic mass is 10.0. The Morgan fingerprint density at radius 2 is 2.05 bits per heavy atom. The van der Waals surface area contributed by atoms with Gasteiger partial charge in [-0.05, 0) is 45.6 Å². The van der Waals surface area contributed by atoms with Crippen LogP contribution in [0.3, 0.4) is 0 Å². The van der Waals surface area contributed by atoms with Crippen molar-refractivity contribution in [1.82, 2.24) is 10.2 Å². The largest absolute Gasteiger partial charge is 0.392 e. The van der Waals surface area contributed by atoms with Crippen molar-refractivity contribution in [3.63, 3.8) is 0 Å². The van der Waals surface area contributed by atoms with E-state index in [1.54, 1.807) is 13.0 Å². The molecule has 19 heavy (non-hydrogen) atoms. The van der Waals surface area contributed by atoms with Gasteiger partial charge in [0.15, 0.2) is 0 Å². The number of benzene rings is 1. The molecule has 0 radical (unpaired) electrons. The van der Waals surface area contributed by atoms with Crippen molar-refractivity contribution >= 4 is 23.2 Å². The average molecular weight is 305 g/mol. The molecule has 0 amide bonds. The van der Waals surface area contributed by atoms with E-state index in [4.69, 9.17) is 23.2 Å². The Morgan fingerprint density at radius 3 is 2.63 bits per heavy atom. The highest BCUT2D eigenvalue weighted by molar-refractivity contribution is 6.42. The van der Waals surface area contributed by atoms with Crippen molar-refractivity contribution in [2.75, 3.05) is 27.2 Å². The van der Waals surface area contributed by atoms with E-state index in [0.29, 0.717) is 16.6 Å². The van der Waals surface area contributed by atoms with Gasteiger partial charge in [0.2, 0.25) is 0 Å². The standard InChI is InChI=1S/C14H22Cl2N2O/c1-10(19)9-18(3)8-7-13(17-2)11-5-4-6-12(15)14(11)16/h4-6,10,13,17,19H,7-9H2,1-3H3. The van der Waals surface area contributed by atoms with E-state index in [9.17, 15) is 5.11 Å². The number of halogens is 2. The van der Waals surface area contributed by atoms with Gasteiger partial charge in [-0.2, -0.15) is 0 Å². The number of hydrogen-bond acceptors (Lipinski definition) is 3. The third-order valence-electron chi connectivity index (χ3n) is 3.08. The van der Waals surface area contributed by atoms with E-state index >= 15 is 0 Å². The highest BCUT2D eigenvalue weighted by atomic mass is 35.5. The molecule has 0 bridgehead atoms. The van der Waals surface area contributed by atoms with Crippen molar-refractivity contribution < 1.29 is 5.11 Å². The van der Waals surface area contributed by atoms with Crippen molar-refractivity contribution in [1.29, 1.82) is 0 Å². The summed E-state index contributed by atoms with van der Waals surface area (Å²) in [6, 6.07) is 5.85. The van der Waals surface area contributed by atoms with E-state index < -0.39 is 0 Å². The first-order chi connectivity index (χ1) is 8.95. The Hall–Kier alpha value is -0.320. The molecule has 0 aliphatic rings. The zero-order chi connectivity index (χ0) is 14.4. The van der Waals surface area contributed by atoms with Crippen LogP contribution in [-0.4, -0.2) is 43.3 Å². The zero-order valence-corrected chi connectivity index (χ0v) is 13.2. The molecule has 5 heteroatoms. The fourth-order valence-corrected chi connectivity index (χ4v) is 2.58. The number of nitrogens with one attached hydrogen (secondary N) is 1. The first-order valence-electron chi connectivity index (χ1n) is 6.43. The lowest BCUT2D eigenvalue weighted by Gasteiger charge is -2.23. The number of aliphatic hydroxyl groups excluding tert-OH is 1. The van der Waals surface area contributed by atoms with Crippen LogP contribution in [0.15, 0.2) is 18.2 Å². The first kappa shape index (κ1) is 16.7. The van der Waals surface area contributed by atoms with E-state index in [0.717, 1.165) is 18.5 Å². The van der Waals surface area contributed by atoms with Gasteiger partial charge < -0.3 is 15.3 Å². The molecule has 0 aliphatic heterocycles. The molecule has 0 saturated carbocycles. The molecule has 2 unspecified atom stereocenters. The SMILES string of the molecule is CNC(CCN(C)CC(C)O)c1cccc(Cl)c1Cl. The minimum Gasteiger partial charge on any atom is -0.392 e. The van der Waals surface area contributed by atoms with Gasteiger partial charge >= 0.3 is 0 Å². The predicted molar refractivity (Wildman–Crippen MR) is 82.1 cm³/mol. The van der Waals surface area contributed by atoms with Crippen LogP contribution in [0.1, 0.15) is 24.9 Å². The van der Waals surface area contributed by atoms with Gasteiger partial charge in [0.05, 0.1) is 16.1 Å². The van der Waals surface area contributed by atoms with Crippen LogP contribution in [-0.2, 0) is 0 Å². The number of aliphatic hydroxyl groups is 1. The van der Waals surface area contributed by atoms with E-state index in [1.807, 2.05) is 26.2 Å². The van der Waals surface area contributed by atoms with Crippen LogP contribution in [0.25, 0.3) is 0 Å². The maximum Gasteiger partial charge on any atom is 0.0640 e. The van der Waals surface area contributed by atoms with Gasteiger partial charge in [0.1, 0.15) is 0 Å². The van der Waals surface area contributed by atoms with Crippen molar-refractivity contribution in [2.24, 2.45) is 0 Å². The molecular formula is C14H22Cl2N2O. The number of hydrogen-bond donors (Lipinski definition) is 2. The van der Waals surface area contributed by atoms with Crippen LogP contribution >= 0.6 is 23.2 Å². The van der Waals surface area contributed by atoms with Gasteiger partial charge in [-0.1, -0.05) is 35.3 Å². The van der Waals surface area contributed by atoms with Crippen LogP contribution in [0.4, 0.5) is 0 Å². The molecule has 3 nitrogen and oxygen atoms in total. The minimum absolute atomic E-state index is 0.155. The molecule has 108 valence electrons. The Morgan fingerprint density at radius 1 is 1.37 bits per heavy atom. The van der Waals surface area contributed by atoms with E-state index in [2.05, 4.69) is 10.2 Å². The average Bonchev–Trinajstić information content (AvgIpc) is 2.34. The molecule has 0 saturated heterocycles. The third-order valence-corrected chi connectivity index (χ3v) is 3.91. The van der Waals surface area contributed by atoms with Crippen LogP contribution in [0.5, 0.6) is 0 Å². The highest BCUT2D eigenvalue weighted by Gasteiger charge is 2.15. The summed E-state index contributed by atoms with van der Waals surface area (Å²) in [6.07, 6.45) is 0.590. The molecule has 0 aromatic heterocycles. The molecule has 1 aromatic rings. The number of nitrogens with zero attached hydrogens (tertiary/aromatic N) is 1. The molecule has 2 N–H and O–H groups in total. The minimum atomic E-state index is -0.312. The second-order valence-electron chi connectivity index (χ2n) is 4.88. The Bertz CT molecular complexity index is 399. The van der Waals surface area contributed by atoms with Crippen LogP contribution < -0.4 is 5.32 Å². The summed E-state index contributed by atoms with van der Waals surface area (Å²) in [4.78, 5) is 2.10. The maximum atomic E-state index is 9.35. The molecule has 0 aliphatic carbocycles. The van der Waals surface area contributed by atoms with Crippen LogP contribution in [0, 0.1) is 0 Å². The van der Waals surface area contributed by atoms with Crippen molar-refractivity contribution in [3.05, 3.63) is 33.8 Å². The first-order valence-corrected chi connectivity index (χ1v) is 7.19. The Kier molecular flexibility index (Phi) is 7.11. The fraction of sp³-hybridized carbons (Fsp3) is 0.571. The third kappa shape index (κ3) is 5.28. The molecule has 0 spiro atoms. The van der Waals surface area contributed by atoms with Gasteiger partial charge in [-0.15, -0.1) is 0 Å². The molecule has 0 fully saturated rings. The van der Waals surface area contributed by atoms with Gasteiger partial charge in [-0.25, -0.2) is 0 Å². The predicted octanol–water partition coefficient (Wildman–Crippen LogP) is 2.96. The number of likely N-dealkylation sites (N-methyl/N-ethyl adjacent to an activating group) is 1. The normalized spacial score (nSPS) is 14.7. The lowest BCUT2D eigenvalue weighted by Crippen LogP contribution is -2.30. The summed E-state index contributed by atoms with van der Waals surface area (Å²) in [5.74, 6) is 0. The van der Waals surface area contributed by atoms with E-state index in [1.165, 1.54) is 0 Å². The summed E-state index contributed by atoms with van der Waals surface area (Å²) < 4.78 is 0. The summed E-state index contributed by atoms with van der Waals surface area (Å²) in [5, 5.41) is 13.8. The topological polar surface area (TPSA) is 35.5 Å². The molecule has 2 atom stereocenters. The summed E-state index contributed by atoms with van der Waals surface area (Å²) in [7, 11) is 3.91. The molecule has 1 aromatic carbocycles. The van der Waals surface area contributed by atoms with Gasteiger partial charge in [0, 0.05) is 12.6 Å².